The van der Waals surface area contributed by atoms with E-state index in [1.807, 2.05) is 0 Å². The summed E-state index contributed by atoms with van der Waals surface area (Å²) >= 11 is 3.40. The summed E-state index contributed by atoms with van der Waals surface area (Å²) in [5, 5.41) is 4.35. The molecule has 0 bridgehead atoms. The van der Waals surface area contributed by atoms with Gasteiger partial charge in [0.15, 0.2) is 11.5 Å². The number of hydrogen-bond acceptors (Lipinski definition) is 3. The predicted octanol–water partition coefficient (Wildman–Crippen LogP) is 3.50. The van der Waals surface area contributed by atoms with Crippen molar-refractivity contribution in [3.63, 3.8) is 0 Å². The zero-order chi connectivity index (χ0) is 15.0. The van der Waals surface area contributed by atoms with Crippen LogP contribution >= 0.6 is 15.9 Å². The molecule has 8 heteroatoms. The summed E-state index contributed by atoms with van der Waals surface area (Å²) in [7, 11) is 0. The maximum absolute atomic E-state index is 12.8. The number of hydrogen-bond donors (Lipinski definition) is 0. The Morgan fingerprint density at radius 3 is 2.71 bits per heavy atom. The molecule has 21 heavy (non-hydrogen) atoms. The van der Waals surface area contributed by atoms with E-state index in [4.69, 9.17) is 0 Å². The first-order chi connectivity index (χ1) is 10.0. The lowest BCUT2D eigenvalue weighted by Gasteiger charge is -2.38. The molecule has 2 heterocycles. The second-order valence-electron chi connectivity index (χ2n) is 5.08. The van der Waals surface area contributed by atoms with Crippen molar-refractivity contribution in [1.29, 1.82) is 0 Å². The van der Waals surface area contributed by atoms with Gasteiger partial charge in [0.1, 0.15) is 5.52 Å². The van der Waals surface area contributed by atoms with E-state index in [1.165, 1.54) is 16.9 Å². The molecule has 4 nitrogen and oxygen atoms in total. The van der Waals surface area contributed by atoms with Crippen LogP contribution in [0.5, 0.6) is 0 Å². The van der Waals surface area contributed by atoms with E-state index in [0.29, 0.717) is 23.9 Å². The Kier molecular flexibility index (Phi) is 3.81. The van der Waals surface area contributed by atoms with E-state index in [0.717, 1.165) is 30.7 Å². The van der Waals surface area contributed by atoms with Gasteiger partial charge in [-0.2, -0.15) is 18.3 Å². The summed E-state index contributed by atoms with van der Waals surface area (Å²) in [4.78, 5) is 6.38. The van der Waals surface area contributed by atoms with Crippen molar-refractivity contribution >= 4 is 27.3 Å². The smallest absolute Gasteiger partial charge is 0.351 e. The van der Waals surface area contributed by atoms with Crippen molar-refractivity contribution in [3.05, 3.63) is 24.2 Å². The zero-order valence-electron chi connectivity index (χ0n) is 11.1. The van der Waals surface area contributed by atoms with Crippen molar-refractivity contribution in [2.45, 2.75) is 31.5 Å². The van der Waals surface area contributed by atoms with Crippen LogP contribution in [-0.2, 0) is 6.18 Å². The Balaban J connectivity index is 2.06. The summed E-state index contributed by atoms with van der Waals surface area (Å²) in [6.45, 7) is 0.712. The second-order valence-corrected chi connectivity index (χ2v) is 5.87. The summed E-state index contributed by atoms with van der Waals surface area (Å²) in [5.41, 5.74) is -0.484. The highest BCUT2D eigenvalue weighted by Gasteiger charge is 2.35. The Morgan fingerprint density at radius 2 is 2.14 bits per heavy atom. The van der Waals surface area contributed by atoms with Crippen LogP contribution in [0.2, 0.25) is 0 Å². The highest BCUT2D eigenvalue weighted by molar-refractivity contribution is 9.09. The molecule has 0 radical (unpaired) electrons. The summed E-state index contributed by atoms with van der Waals surface area (Å²) in [6.07, 6.45) is 1.75. The van der Waals surface area contributed by atoms with Crippen LogP contribution in [0.15, 0.2) is 18.5 Å². The van der Waals surface area contributed by atoms with E-state index in [-0.39, 0.29) is 0 Å². The number of halogens is 4. The van der Waals surface area contributed by atoms with Gasteiger partial charge < -0.3 is 4.90 Å². The molecule has 1 aliphatic carbocycles. The van der Waals surface area contributed by atoms with Crippen LogP contribution < -0.4 is 4.90 Å². The van der Waals surface area contributed by atoms with Gasteiger partial charge >= 0.3 is 6.18 Å². The third-order valence-electron chi connectivity index (χ3n) is 3.77. The largest absolute Gasteiger partial charge is 0.435 e. The number of alkyl halides is 4. The fraction of sp³-hybridized carbons (Fsp3) is 0.538. The van der Waals surface area contributed by atoms with Crippen LogP contribution in [0, 0.1) is 0 Å². The molecular formula is C13H14BrF3N4. The first-order valence-electron chi connectivity index (χ1n) is 6.75. The Morgan fingerprint density at radius 1 is 1.38 bits per heavy atom. The lowest BCUT2D eigenvalue weighted by atomic mass is 9.91. The molecule has 0 spiro atoms. The van der Waals surface area contributed by atoms with Gasteiger partial charge in [0.05, 0.1) is 0 Å². The number of nitrogens with zero attached hydrogens (tertiary/aromatic N) is 4. The standard InChI is InChI=1S/C13H14BrF3N4/c14-4-6-20(9-2-1-3-9)12-10-8-11(13(15,16)17)19-21(10)7-5-18-12/h5,7-9H,1-4,6H2. The van der Waals surface area contributed by atoms with Crippen molar-refractivity contribution in [2.24, 2.45) is 0 Å². The molecule has 0 unspecified atom stereocenters. The quantitative estimate of drug-likeness (QED) is 0.780. The number of fused-ring (bicyclic) bond motifs is 1. The van der Waals surface area contributed by atoms with Gasteiger partial charge in [-0.1, -0.05) is 15.9 Å². The minimum Gasteiger partial charge on any atom is -0.351 e. The van der Waals surface area contributed by atoms with Gasteiger partial charge in [0.25, 0.3) is 0 Å². The zero-order valence-corrected chi connectivity index (χ0v) is 12.7. The third-order valence-corrected chi connectivity index (χ3v) is 4.13. The van der Waals surface area contributed by atoms with E-state index in [1.54, 1.807) is 0 Å². The minimum atomic E-state index is -4.44. The van der Waals surface area contributed by atoms with Gasteiger partial charge in [-0.15, -0.1) is 0 Å². The summed E-state index contributed by atoms with van der Waals surface area (Å²) in [5.74, 6) is 0.574. The fourth-order valence-corrected chi connectivity index (χ4v) is 2.90. The van der Waals surface area contributed by atoms with Crippen molar-refractivity contribution < 1.29 is 13.2 Å². The molecule has 0 aromatic carbocycles. The average Bonchev–Trinajstić information content (AvgIpc) is 2.79. The summed E-state index contributed by atoms with van der Waals surface area (Å²) in [6, 6.07) is 1.42. The molecule has 3 rings (SSSR count). The minimum absolute atomic E-state index is 0.352. The molecule has 2 aromatic rings. The molecule has 1 aliphatic rings. The fourth-order valence-electron chi connectivity index (χ4n) is 2.52. The van der Waals surface area contributed by atoms with Crippen molar-refractivity contribution in [2.75, 3.05) is 16.8 Å². The monoisotopic (exact) mass is 362 g/mol. The molecule has 0 saturated heterocycles. The van der Waals surface area contributed by atoms with E-state index in [2.05, 4.69) is 30.9 Å². The molecule has 0 N–H and O–H groups in total. The number of rotatable bonds is 4. The lowest BCUT2D eigenvalue weighted by Crippen LogP contribution is -2.42. The molecule has 0 aliphatic heterocycles. The maximum atomic E-state index is 12.8. The van der Waals surface area contributed by atoms with Crippen LogP contribution in [0.4, 0.5) is 19.0 Å². The number of anilines is 1. The molecule has 0 atom stereocenters. The highest BCUT2D eigenvalue weighted by Crippen LogP contribution is 2.34. The van der Waals surface area contributed by atoms with Gasteiger partial charge in [-0.05, 0) is 19.3 Å². The Labute approximate surface area is 128 Å². The van der Waals surface area contributed by atoms with Crippen LogP contribution in [0.1, 0.15) is 25.0 Å². The SMILES string of the molecule is FC(F)(F)c1cc2c(N(CCBr)C3CCC3)nccn2n1. The van der Waals surface area contributed by atoms with Gasteiger partial charge in [-0.3, -0.25) is 0 Å². The molecule has 1 fully saturated rings. The van der Waals surface area contributed by atoms with Gasteiger partial charge in [0, 0.05) is 36.4 Å². The molecular weight excluding hydrogens is 349 g/mol. The second kappa shape index (κ2) is 5.47. The topological polar surface area (TPSA) is 33.4 Å². The predicted molar refractivity (Wildman–Crippen MR) is 76.8 cm³/mol. The van der Waals surface area contributed by atoms with E-state index < -0.39 is 11.9 Å². The molecule has 114 valence electrons. The Bertz CT molecular complexity index is 636. The van der Waals surface area contributed by atoms with Crippen LogP contribution in [-0.4, -0.2) is 32.5 Å². The van der Waals surface area contributed by atoms with Crippen LogP contribution in [0.25, 0.3) is 5.52 Å². The Hall–Kier alpha value is -1.31. The molecule has 1 saturated carbocycles. The van der Waals surface area contributed by atoms with Crippen molar-refractivity contribution in [3.8, 4) is 0 Å². The average molecular weight is 363 g/mol. The third kappa shape index (κ3) is 2.73. The van der Waals surface area contributed by atoms with Gasteiger partial charge in [-0.25, -0.2) is 9.50 Å². The van der Waals surface area contributed by atoms with E-state index in [9.17, 15) is 13.2 Å². The first-order valence-corrected chi connectivity index (χ1v) is 7.87. The normalized spacial score (nSPS) is 16.2. The van der Waals surface area contributed by atoms with E-state index >= 15 is 0 Å². The first kappa shape index (κ1) is 14.6. The number of aromatic nitrogens is 3. The van der Waals surface area contributed by atoms with Crippen molar-refractivity contribution in [1.82, 2.24) is 14.6 Å². The maximum Gasteiger partial charge on any atom is 0.435 e. The molecule has 2 aromatic heterocycles. The van der Waals surface area contributed by atoms with Gasteiger partial charge in [0.2, 0.25) is 0 Å². The van der Waals surface area contributed by atoms with Crippen LogP contribution in [0.3, 0.4) is 0 Å². The highest BCUT2D eigenvalue weighted by atomic mass is 79.9. The molecule has 0 amide bonds. The lowest BCUT2D eigenvalue weighted by molar-refractivity contribution is -0.141. The summed E-state index contributed by atoms with van der Waals surface area (Å²) < 4.78 is 39.7.